The third kappa shape index (κ3) is 2.97. The van der Waals surface area contributed by atoms with Crippen LogP contribution >= 0.6 is 11.6 Å². The topological polar surface area (TPSA) is 41.6 Å². The molecule has 0 aromatic rings. The fraction of sp³-hybridized carbons (Fsp3) is 0.643. The van der Waals surface area contributed by atoms with E-state index in [4.69, 9.17) is 17.3 Å². The molecular formula is C14H19ClF3N3. The summed E-state index contributed by atoms with van der Waals surface area (Å²) in [5, 5.41) is 0.236. The molecule has 0 spiro atoms. The summed E-state index contributed by atoms with van der Waals surface area (Å²) in [6.07, 6.45) is -0.208. The van der Waals surface area contributed by atoms with Crippen LogP contribution in [0.4, 0.5) is 13.2 Å². The lowest BCUT2D eigenvalue weighted by atomic mass is 9.73. The molecule has 0 radical (unpaired) electrons. The first-order chi connectivity index (χ1) is 9.69. The number of amidine groups is 1. The number of hydrogen-bond acceptors (Lipinski definition) is 2. The van der Waals surface area contributed by atoms with Crippen LogP contribution in [-0.2, 0) is 0 Å². The molecule has 2 N–H and O–H groups in total. The molecule has 3 nitrogen and oxygen atoms in total. The van der Waals surface area contributed by atoms with Crippen LogP contribution in [0, 0.1) is 11.3 Å². The Kier molecular flexibility index (Phi) is 4.40. The number of halogens is 4. The van der Waals surface area contributed by atoms with Crippen LogP contribution < -0.4 is 5.73 Å². The van der Waals surface area contributed by atoms with Gasteiger partial charge in [0.2, 0.25) is 0 Å². The Hall–Kier alpha value is -1.01. The number of nitrogens with two attached hydrogens (primary N) is 1. The predicted octanol–water partition coefficient (Wildman–Crippen LogP) is 3.27. The monoisotopic (exact) mass is 321 g/mol. The van der Waals surface area contributed by atoms with Gasteiger partial charge in [-0.05, 0) is 26.0 Å². The summed E-state index contributed by atoms with van der Waals surface area (Å²) in [6, 6.07) is 0. The van der Waals surface area contributed by atoms with Gasteiger partial charge in [-0.1, -0.05) is 17.7 Å². The zero-order chi connectivity index (χ0) is 15.8. The van der Waals surface area contributed by atoms with Gasteiger partial charge in [0.15, 0.2) is 0 Å². The first-order valence-corrected chi connectivity index (χ1v) is 7.23. The Labute approximate surface area is 127 Å². The van der Waals surface area contributed by atoms with Crippen molar-refractivity contribution in [3.05, 3.63) is 22.9 Å². The minimum absolute atomic E-state index is 0.119. The molecule has 2 unspecified atom stereocenters. The zero-order valence-corrected chi connectivity index (χ0v) is 12.8. The van der Waals surface area contributed by atoms with Gasteiger partial charge in [-0.2, -0.15) is 13.2 Å². The summed E-state index contributed by atoms with van der Waals surface area (Å²) in [6.45, 7) is 1.88. The van der Waals surface area contributed by atoms with E-state index in [1.807, 2.05) is 11.9 Å². The van der Waals surface area contributed by atoms with Crippen molar-refractivity contribution in [2.75, 3.05) is 20.1 Å². The van der Waals surface area contributed by atoms with Crippen molar-refractivity contribution >= 4 is 17.4 Å². The molecule has 1 aliphatic carbocycles. The second kappa shape index (κ2) is 5.65. The summed E-state index contributed by atoms with van der Waals surface area (Å²) < 4.78 is 40.3. The van der Waals surface area contributed by atoms with Crippen molar-refractivity contribution < 1.29 is 13.2 Å². The number of nitrogens with zero attached hydrogens (tertiary/aromatic N) is 2. The molecule has 2 atom stereocenters. The van der Waals surface area contributed by atoms with E-state index < -0.39 is 17.5 Å². The lowest BCUT2D eigenvalue weighted by Gasteiger charge is -2.37. The van der Waals surface area contributed by atoms with Gasteiger partial charge in [0.25, 0.3) is 0 Å². The highest BCUT2D eigenvalue weighted by Gasteiger charge is 2.55. The standard InChI is InChI=1S/C14H19ClF3N3/c1-13(14(16,17)18)7-11(10(15)6-9(13)8-19)20-12-4-3-5-21(12)2/h6-7,9H,3-5,8,19H2,1-2H3. The van der Waals surface area contributed by atoms with Gasteiger partial charge in [0.05, 0.1) is 16.1 Å². The second-order valence-electron chi connectivity index (χ2n) is 5.72. The van der Waals surface area contributed by atoms with Crippen LogP contribution in [0.5, 0.6) is 0 Å². The lowest BCUT2D eigenvalue weighted by Crippen LogP contribution is -2.44. The molecule has 0 bridgehead atoms. The summed E-state index contributed by atoms with van der Waals surface area (Å²) >= 11 is 6.10. The zero-order valence-electron chi connectivity index (χ0n) is 12.0. The Bertz CT molecular complexity index is 510. The number of aliphatic imine (C=N–C) groups is 1. The number of alkyl halides is 3. The van der Waals surface area contributed by atoms with E-state index >= 15 is 0 Å². The van der Waals surface area contributed by atoms with Crippen LogP contribution in [-0.4, -0.2) is 37.0 Å². The Morgan fingerprint density at radius 1 is 1.52 bits per heavy atom. The number of allylic oxidation sites excluding steroid dienone is 2. The van der Waals surface area contributed by atoms with Crippen LogP contribution in [0.1, 0.15) is 19.8 Å². The second-order valence-corrected chi connectivity index (χ2v) is 6.13. The van der Waals surface area contributed by atoms with E-state index in [9.17, 15) is 13.2 Å². The Morgan fingerprint density at radius 2 is 2.19 bits per heavy atom. The molecular weight excluding hydrogens is 303 g/mol. The Balaban J connectivity index is 2.43. The lowest BCUT2D eigenvalue weighted by molar-refractivity contribution is -0.211. The van der Waals surface area contributed by atoms with Gasteiger partial charge >= 0.3 is 6.18 Å². The van der Waals surface area contributed by atoms with E-state index in [2.05, 4.69) is 4.99 Å². The van der Waals surface area contributed by atoms with Crippen molar-refractivity contribution in [2.24, 2.45) is 22.1 Å². The van der Waals surface area contributed by atoms with E-state index in [1.165, 1.54) is 6.08 Å². The number of hydrogen-bond donors (Lipinski definition) is 1. The molecule has 0 aromatic heterocycles. The summed E-state index contributed by atoms with van der Waals surface area (Å²) in [5.74, 6) is -0.112. The SMILES string of the molecule is CN1CCCC1=NC1=CC(C)(C(F)(F)F)C(CN)C=C1Cl. The maximum atomic E-state index is 13.4. The Morgan fingerprint density at radius 3 is 2.67 bits per heavy atom. The fourth-order valence-corrected chi connectivity index (χ4v) is 2.91. The first kappa shape index (κ1) is 16.4. The summed E-state index contributed by atoms with van der Waals surface area (Å²) in [5.41, 5.74) is 3.63. The largest absolute Gasteiger partial charge is 0.398 e. The third-order valence-electron chi connectivity index (χ3n) is 4.25. The smallest absolute Gasteiger partial charge is 0.363 e. The predicted molar refractivity (Wildman–Crippen MR) is 78.0 cm³/mol. The quantitative estimate of drug-likeness (QED) is 0.848. The van der Waals surface area contributed by atoms with E-state index in [1.54, 1.807) is 0 Å². The minimum atomic E-state index is -4.40. The maximum Gasteiger partial charge on any atom is 0.398 e. The molecule has 2 rings (SSSR count). The van der Waals surface area contributed by atoms with Crippen molar-refractivity contribution in [2.45, 2.75) is 25.9 Å². The van der Waals surface area contributed by atoms with Gasteiger partial charge in [0.1, 0.15) is 5.84 Å². The molecule has 21 heavy (non-hydrogen) atoms. The molecule has 2 aliphatic rings. The molecule has 1 fully saturated rings. The van der Waals surface area contributed by atoms with Crippen molar-refractivity contribution in [1.29, 1.82) is 0 Å². The average Bonchev–Trinajstić information content (AvgIpc) is 2.78. The van der Waals surface area contributed by atoms with Crippen LogP contribution in [0.25, 0.3) is 0 Å². The number of rotatable bonds is 2. The van der Waals surface area contributed by atoms with Crippen LogP contribution in [0.2, 0.25) is 0 Å². The van der Waals surface area contributed by atoms with E-state index in [0.717, 1.165) is 38.2 Å². The molecule has 1 heterocycles. The van der Waals surface area contributed by atoms with Gasteiger partial charge < -0.3 is 10.6 Å². The van der Waals surface area contributed by atoms with Gasteiger partial charge in [-0.3, -0.25) is 0 Å². The van der Waals surface area contributed by atoms with Crippen molar-refractivity contribution in [1.82, 2.24) is 4.90 Å². The molecule has 1 saturated heterocycles. The van der Waals surface area contributed by atoms with Crippen molar-refractivity contribution in [3.8, 4) is 0 Å². The van der Waals surface area contributed by atoms with Gasteiger partial charge in [-0.25, -0.2) is 4.99 Å². The third-order valence-corrected chi connectivity index (χ3v) is 4.57. The maximum absolute atomic E-state index is 13.4. The highest BCUT2D eigenvalue weighted by Crippen LogP contribution is 2.50. The average molecular weight is 322 g/mol. The van der Waals surface area contributed by atoms with Gasteiger partial charge in [-0.15, -0.1) is 0 Å². The van der Waals surface area contributed by atoms with E-state index in [0.29, 0.717) is 0 Å². The van der Waals surface area contributed by atoms with Crippen LogP contribution in [0.3, 0.4) is 0 Å². The number of likely N-dealkylation sites (tertiary alicyclic amines) is 1. The minimum Gasteiger partial charge on any atom is -0.363 e. The fourth-order valence-electron chi connectivity index (χ4n) is 2.66. The van der Waals surface area contributed by atoms with Crippen molar-refractivity contribution in [3.63, 3.8) is 0 Å². The first-order valence-electron chi connectivity index (χ1n) is 6.85. The molecule has 118 valence electrons. The molecule has 0 saturated carbocycles. The normalized spacial score (nSPS) is 32.4. The van der Waals surface area contributed by atoms with Gasteiger partial charge in [0, 0.05) is 25.9 Å². The molecule has 7 heteroatoms. The summed E-state index contributed by atoms with van der Waals surface area (Å²) in [4.78, 5) is 6.27. The molecule has 0 aromatic carbocycles. The summed E-state index contributed by atoms with van der Waals surface area (Å²) in [7, 11) is 1.87. The van der Waals surface area contributed by atoms with Crippen LogP contribution in [0.15, 0.2) is 27.9 Å². The molecule has 1 aliphatic heterocycles. The highest BCUT2D eigenvalue weighted by atomic mass is 35.5. The highest BCUT2D eigenvalue weighted by molar-refractivity contribution is 6.32. The van der Waals surface area contributed by atoms with E-state index in [-0.39, 0.29) is 17.3 Å². The molecule has 0 amide bonds.